The predicted molar refractivity (Wildman–Crippen MR) is 109 cm³/mol. The van der Waals surface area contributed by atoms with Crippen LogP contribution in [-0.2, 0) is 9.59 Å². The van der Waals surface area contributed by atoms with E-state index in [4.69, 9.17) is 23.2 Å². The molecule has 0 unspecified atom stereocenters. The molecule has 0 bridgehead atoms. The van der Waals surface area contributed by atoms with Crippen LogP contribution in [0.25, 0.3) is 0 Å². The number of rotatable bonds is 7. The number of nitrogens with one attached hydrogen (secondary N) is 2. The fourth-order valence-corrected chi connectivity index (χ4v) is 3.27. The molecule has 0 saturated carbocycles. The van der Waals surface area contributed by atoms with Crippen LogP contribution in [0.2, 0.25) is 10.0 Å². The molecule has 26 heavy (non-hydrogen) atoms. The van der Waals surface area contributed by atoms with E-state index in [0.29, 0.717) is 15.7 Å². The first-order valence-corrected chi connectivity index (χ1v) is 9.73. The van der Waals surface area contributed by atoms with E-state index in [9.17, 15) is 9.59 Å². The molecule has 5 nitrogen and oxygen atoms in total. The number of nitrogens with zero attached hydrogens (tertiary/aromatic N) is 1. The number of para-hydroxylation sites is 1. The molecule has 0 aromatic heterocycles. The maximum Gasteiger partial charge on any atom is 0.238 e. The second-order valence-electron chi connectivity index (χ2n) is 5.59. The Balaban J connectivity index is 1.86. The number of carbonyl (C=O) groups is 2. The standard InChI is InChI=1S/C18H19Cl2N3O2S/c1-23(10-17(24)21-14-8-7-12(19)9-13(14)20)11-18(25)22-15-5-3-4-6-16(15)26-2/h3-9H,10-11H2,1-2H3,(H,21,24)(H,22,25). The van der Waals surface area contributed by atoms with Crippen molar-refractivity contribution in [2.45, 2.75) is 4.90 Å². The van der Waals surface area contributed by atoms with E-state index >= 15 is 0 Å². The average molecular weight is 412 g/mol. The fraction of sp³-hybridized carbons (Fsp3) is 0.222. The summed E-state index contributed by atoms with van der Waals surface area (Å²) < 4.78 is 0. The Kier molecular flexibility index (Phi) is 7.78. The van der Waals surface area contributed by atoms with Crippen molar-refractivity contribution < 1.29 is 9.59 Å². The Hall–Kier alpha value is -1.73. The zero-order valence-corrected chi connectivity index (χ0v) is 16.7. The Morgan fingerprint density at radius 2 is 1.62 bits per heavy atom. The van der Waals surface area contributed by atoms with Gasteiger partial charge >= 0.3 is 0 Å². The van der Waals surface area contributed by atoms with E-state index in [1.807, 2.05) is 30.5 Å². The Labute approximate surface area is 167 Å². The number of thioether (sulfide) groups is 1. The number of carbonyl (C=O) groups excluding carboxylic acids is 2. The van der Waals surface area contributed by atoms with Crippen molar-refractivity contribution in [2.24, 2.45) is 0 Å². The van der Waals surface area contributed by atoms with Crippen molar-refractivity contribution in [1.82, 2.24) is 4.90 Å². The SMILES string of the molecule is CSc1ccccc1NC(=O)CN(C)CC(=O)Nc1ccc(Cl)cc1Cl. The van der Waals surface area contributed by atoms with Crippen LogP contribution in [0, 0.1) is 0 Å². The molecule has 0 aliphatic carbocycles. The van der Waals surface area contributed by atoms with Crippen molar-refractivity contribution >= 4 is 58.2 Å². The summed E-state index contributed by atoms with van der Waals surface area (Å²) in [5, 5.41) is 6.42. The topological polar surface area (TPSA) is 61.4 Å². The lowest BCUT2D eigenvalue weighted by molar-refractivity contribution is -0.119. The molecule has 138 valence electrons. The summed E-state index contributed by atoms with van der Waals surface area (Å²) in [5.74, 6) is -0.458. The number of hydrogen-bond donors (Lipinski definition) is 2. The second-order valence-corrected chi connectivity index (χ2v) is 7.28. The molecule has 0 atom stereocenters. The molecule has 0 saturated heterocycles. The molecule has 8 heteroatoms. The summed E-state index contributed by atoms with van der Waals surface area (Å²) in [6.07, 6.45) is 1.95. The molecule has 0 fully saturated rings. The third-order valence-electron chi connectivity index (χ3n) is 3.41. The average Bonchev–Trinajstić information content (AvgIpc) is 2.57. The number of likely N-dealkylation sites (N-methyl/N-ethyl adjacent to an activating group) is 1. The maximum absolute atomic E-state index is 12.2. The van der Waals surface area contributed by atoms with Gasteiger partial charge < -0.3 is 10.6 Å². The van der Waals surface area contributed by atoms with Gasteiger partial charge in [-0.15, -0.1) is 11.8 Å². The summed E-state index contributed by atoms with van der Waals surface area (Å²) in [4.78, 5) is 26.9. The van der Waals surface area contributed by atoms with Gasteiger partial charge in [-0.1, -0.05) is 35.3 Å². The van der Waals surface area contributed by atoms with Gasteiger partial charge in [-0.2, -0.15) is 0 Å². The zero-order valence-electron chi connectivity index (χ0n) is 14.4. The van der Waals surface area contributed by atoms with Gasteiger partial charge in [0.1, 0.15) is 0 Å². The van der Waals surface area contributed by atoms with E-state index in [1.54, 1.807) is 41.9 Å². The quantitative estimate of drug-likeness (QED) is 0.669. The molecule has 0 aliphatic rings. The van der Waals surface area contributed by atoms with E-state index in [1.165, 1.54) is 0 Å². The van der Waals surface area contributed by atoms with E-state index in [-0.39, 0.29) is 24.9 Å². The van der Waals surface area contributed by atoms with Crippen LogP contribution in [0.5, 0.6) is 0 Å². The van der Waals surface area contributed by atoms with Gasteiger partial charge in [0.15, 0.2) is 0 Å². The van der Waals surface area contributed by atoms with Crippen molar-refractivity contribution in [3.63, 3.8) is 0 Å². The third-order valence-corrected chi connectivity index (χ3v) is 4.76. The molecule has 2 N–H and O–H groups in total. The normalized spacial score (nSPS) is 10.7. The Bertz CT molecular complexity index is 802. The summed E-state index contributed by atoms with van der Waals surface area (Å²) in [6.45, 7) is 0.140. The van der Waals surface area contributed by atoms with Crippen LogP contribution in [-0.4, -0.2) is 43.1 Å². The van der Waals surface area contributed by atoms with Crippen LogP contribution in [0.4, 0.5) is 11.4 Å². The van der Waals surface area contributed by atoms with Gasteiger partial charge in [-0.3, -0.25) is 14.5 Å². The zero-order chi connectivity index (χ0) is 19.1. The number of hydrogen-bond acceptors (Lipinski definition) is 4. The van der Waals surface area contributed by atoms with Crippen LogP contribution in [0.15, 0.2) is 47.4 Å². The summed E-state index contributed by atoms with van der Waals surface area (Å²) in [6, 6.07) is 12.4. The number of amides is 2. The molecule has 0 spiro atoms. The lowest BCUT2D eigenvalue weighted by atomic mass is 10.3. The van der Waals surface area contributed by atoms with E-state index < -0.39 is 0 Å². The lowest BCUT2D eigenvalue weighted by Gasteiger charge is -2.17. The van der Waals surface area contributed by atoms with Crippen LogP contribution in [0.3, 0.4) is 0 Å². The molecule has 0 aliphatic heterocycles. The van der Waals surface area contributed by atoms with Gasteiger partial charge in [-0.05, 0) is 43.6 Å². The van der Waals surface area contributed by atoms with Crippen molar-refractivity contribution in [3.05, 3.63) is 52.5 Å². The molecule has 2 rings (SSSR count). The van der Waals surface area contributed by atoms with Gasteiger partial charge in [-0.25, -0.2) is 0 Å². The third kappa shape index (κ3) is 6.21. The molecule has 2 amide bonds. The molecule has 0 heterocycles. The first kappa shape index (κ1) is 20.6. The minimum atomic E-state index is -0.269. The van der Waals surface area contributed by atoms with Crippen LogP contribution < -0.4 is 10.6 Å². The summed E-state index contributed by atoms with van der Waals surface area (Å²) >= 11 is 13.4. The number of anilines is 2. The number of halogens is 2. The minimum absolute atomic E-state index is 0.0521. The van der Waals surface area contributed by atoms with Crippen LogP contribution in [0.1, 0.15) is 0 Å². The molecule has 0 radical (unpaired) electrons. The Morgan fingerprint density at radius 1 is 1.00 bits per heavy atom. The van der Waals surface area contributed by atoms with E-state index in [0.717, 1.165) is 10.6 Å². The van der Waals surface area contributed by atoms with Crippen LogP contribution >= 0.6 is 35.0 Å². The highest BCUT2D eigenvalue weighted by atomic mass is 35.5. The largest absolute Gasteiger partial charge is 0.324 e. The number of benzene rings is 2. The Morgan fingerprint density at radius 3 is 2.23 bits per heavy atom. The van der Waals surface area contributed by atoms with Gasteiger partial charge in [0.05, 0.1) is 29.5 Å². The second kappa shape index (κ2) is 9.83. The predicted octanol–water partition coefficient (Wildman–Crippen LogP) is 4.22. The monoisotopic (exact) mass is 411 g/mol. The molecular weight excluding hydrogens is 393 g/mol. The highest BCUT2D eigenvalue weighted by Crippen LogP contribution is 2.25. The molecule has 2 aromatic carbocycles. The van der Waals surface area contributed by atoms with Gasteiger partial charge in [0.25, 0.3) is 0 Å². The molecule has 2 aromatic rings. The summed E-state index contributed by atoms with van der Waals surface area (Å²) in [5.41, 5.74) is 1.24. The van der Waals surface area contributed by atoms with Crippen molar-refractivity contribution in [3.8, 4) is 0 Å². The van der Waals surface area contributed by atoms with Crippen molar-refractivity contribution in [2.75, 3.05) is 37.0 Å². The fourth-order valence-electron chi connectivity index (χ4n) is 2.26. The van der Waals surface area contributed by atoms with Gasteiger partial charge in [0.2, 0.25) is 11.8 Å². The van der Waals surface area contributed by atoms with E-state index in [2.05, 4.69) is 10.6 Å². The first-order chi connectivity index (χ1) is 12.4. The first-order valence-electron chi connectivity index (χ1n) is 7.75. The van der Waals surface area contributed by atoms with Crippen molar-refractivity contribution in [1.29, 1.82) is 0 Å². The lowest BCUT2D eigenvalue weighted by Crippen LogP contribution is -2.36. The summed E-state index contributed by atoms with van der Waals surface area (Å²) in [7, 11) is 1.70. The minimum Gasteiger partial charge on any atom is -0.324 e. The molecular formula is C18H19Cl2N3O2S. The van der Waals surface area contributed by atoms with Gasteiger partial charge in [0, 0.05) is 9.92 Å². The maximum atomic E-state index is 12.2. The highest BCUT2D eigenvalue weighted by molar-refractivity contribution is 7.98. The smallest absolute Gasteiger partial charge is 0.238 e. The highest BCUT2D eigenvalue weighted by Gasteiger charge is 2.13.